The van der Waals surface area contributed by atoms with Gasteiger partial charge in [-0.1, -0.05) is 0 Å². The number of carbonyl (C=O) groups is 2. The summed E-state index contributed by atoms with van der Waals surface area (Å²) in [6, 6.07) is 4.35. The number of hydrogen-bond acceptors (Lipinski definition) is 4. The fourth-order valence-electron chi connectivity index (χ4n) is 1.30. The molecule has 0 bridgehead atoms. The molecule has 0 aliphatic heterocycles. The summed E-state index contributed by atoms with van der Waals surface area (Å²) in [6.07, 6.45) is 0. The number of nitrogens with two attached hydrogens (primary N) is 1. The molecule has 0 spiro atoms. The highest BCUT2D eigenvalue weighted by Crippen LogP contribution is 2.11. The van der Waals surface area contributed by atoms with Crippen LogP contribution in [0.4, 0.5) is 0 Å². The van der Waals surface area contributed by atoms with Crippen LogP contribution in [0.5, 0.6) is 0 Å². The van der Waals surface area contributed by atoms with Gasteiger partial charge < -0.3 is 10.8 Å². The van der Waals surface area contributed by atoms with Gasteiger partial charge in [-0.15, -0.1) is 0 Å². The standard InChI is InChI=1S/C9H8N4O3/c10-8(14)4-13-11-6-2-1-5(9(15)16)3-7(6)12-13/h1-3H,4H2,(H2,10,14)(H,15,16). The van der Waals surface area contributed by atoms with Gasteiger partial charge in [-0.2, -0.15) is 15.0 Å². The average Bonchev–Trinajstić information content (AvgIpc) is 2.56. The zero-order valence-corrected chi connectivity index (χ0v) is 8.12. The van der Waals surface area contributed by atoms with E-state index >= 15 is 0 Å². The molecule has 7 nitrogen and oxygen atoms in total. The van der Waals surface area contributed by atoms with Gasteiger partial charge >= 0.3 is 5.97 Å². The summed E-state index contributed by atoms with van der Waals surface area (Å²) in [5.41, 5.74) is 6.05. The van der Waals surface area contributed by atoms with Gasteiger partial charge in [0.2, 0.25) is 5.91 Å². The van der Waals surface area contributed by atoms with Gasteiger partial charge in [0.1, 0.15) is 17.6 Å². The van der Waals surface area contributed by atoms with Gasteiger partial charge in [0.05, 0.1) is 5.56 Å². The third-order valence-corrected chi connectivity index (χ3v) is 1.97. The van der Waals surface area contributed by atoms with Crippen LogP contribution in [0.15, 0.2) is 18.2 Å². The van der Waals surface area contributed by atoms with Gasteiger partial charge in [-0.05, 0) is 18.2 Å². The number of primary amides is 1. The van der Waals surface area contributed by atoms with Crippen molar-refractivity contribution in [2.45, 2.75) is 6.54 Å². The zero-order chi connectivity index (χ0) is 11.7. The molecule has 0 atom stereocenters. The van der Waals surface area contributed by atoms with Crippen molar-refractivity contribution in [3.05, 3.63) is 23.8 Å². The SMILES string of the molecule is NC(=O)Cn1nc2ccc(C(=O)O)cc2n1. The Morgan fingerprint density at radius 1 is 1.31 bits per heavy atom. The number of carbonyl (C=O) groups excluding carboxylic acids is 1. The van der Waals surface area contributed by atoms with E-state index in [1.807, 2.05) is 0 Å². The number of benzene rings is 1. The number of rotatable bonds is 3. The van der Waals surface area contributed by atoms with Crippen molar-refractivity contribution in [2.24, 2.45) is 5.73 Å². The van der Waals surface area contributed by atoms with Crippen molar-refractivity contribution < 1.29 is 14.7 Å². The molecule has 0 aliphatic rings. The molecule has 7 heteroatoms. The minimum atomic E-state index is -1.04. The first-order valence-corrected chi connectivity index (χ1v) is 4.43. The number of nitrogens with zero attached hydrogens (tertiary/aromatic N) is 3. The van der Waals surface area contributed by atoms with Crippen LogP contribution >= 0.6 is 0 Å². The van der Waals surface area contributed by atoms with E-state index in [2.05, 4.69) is 10.2 Å². The first-order chi connectivity index (χ1) is 7.56. The number of carboxylic acids is 1. The zero-order valence-electron chi connectivity index (χ0n) is 8.12. The Bertz CT molecular complexity index is 575. The highest BCUT2D eigenvalue weighted by Gasteiger charge is 2.08. The maximum atomic E-state index is 10.7. The van der Waals surface area contributed by atoms with E-state index in [0.29, 0.717) is 11.0 Å². The average molecular weight is 220 g/mol. The molecule has 0 fully saturated rings. The molecule has 16 heavy (non-hydrogen) atoms. The molecule has 3 N–H and O–H groups in total. The minimum Gasteiger partial charge on any atom is -0.478 e. The smallest absolute Gasteiger partial charge is 0.335 e. The van der Waals surface area contributed by atoms with Crippen LogP contribution in [-0.4, -0.2) is 32.0 Å². The van der Waals surface area contributed by atoms with E-state index in [0.717, 1.165) is 4.80 Å². The second kappa shape index (κ2) is 3.61. The van der Waals surface area contributed by atoms with E-state index in [1.165, 1.54) is 18.2 Å². The van der Waals surface area contributed by atoms with Gasteiger partial charge in [0.25, 0.3) is 0 Å². The molecule has 1 aromatic carbocycles. The molecule has 1 aromatic heterocycles. The second-order valence-corrected chi connectivity index (χ2v) is 3.21. The van der Waals surface area contributed by atoms with E-state index in [1.54, 1.807) is 0 Å². The normalized spacial score (nSPS) is 10.5. The van der Waals surface area contributed by atoms with E-state index in [4.69, 9.17) is 10.8 Å². The maximum absolute atomic E-state index is 10.7. The Balaban J connectivity index is 2.45. The molecule has 0 unspecified atom stereocenters. The molecule has 82 valence electrons. The highest BCUT2D eigenvalue weighted by molar-refractivity contribution is 5.92. The van der Waals surface area contributed by atoms with Crippen molar-refractivity contribution in [3.63, 3.8) is 0 Å². The summed E-state index contributed by atoms with van der Waals surface area (Å²) in [4.78, 5) is 22.5. The molecule has 0 saturated heterocycles. The van der Waals surface area contributed by atoms with Crippen LogP contribution in [0, 0.1) is 0 Å². The van der Waals surface area contributed by atoms with Crippen LogP contribution in [0.25, 0.3) is 11.0 Å². The van der Waals surface area contributed by atoms with Crippen LogP contribution in [0.1, 0.15) is 10.4 Å². The fraction of sp³-hybridized carbons (Fsp3) is 0.111. The van der Waals surface area contributed by atoms with Crippen molar-refractivity contribution in [1.29, 1.82) is 0 Å². The summed E-state index contributed by atoms with van der Waals surface area (Å²) >= 11 is 0. The van der Waals surface area contributed by atoms with Crippen LogP contribution < -0.4 is 5.73 Å². The van der Waals surface area contributed by atoms with Crippen molar-refractivity contribution in [1.82, 2.24) is 15.0 Å². The van der Waals surface area contributed by atoms with Crippen LogP contribution in [0.3, 0.4) is 0 Å². The van der Waals surface area contributed by atoms with Crippen LogP contribution in [0.2, 0.25) is 0 Å². The summed E-state index contributed by atoms with van der Waals surface area (Å²) in [6.45, 7) is -0.128. The highest BCUT2D eigenvalue weighted by atomic mass is 16.4. The lowest BCUT2D eigenvalue weighted by molar-refractivity contribution is -0.118. The fourth-order valence-corrected chi connectivity index (χ4v) is 1.30. The Labute approximate surface area is 89.5 Å². The first kappa shape index (κ1) is 10.1. The quantitative estimate of drug-likeness (QED) is 0.732. The Kier molecular flexibility index (Phi) is 2.28. The molecule has 2 rings (SSSR count). The topological polar surface area (TPSA) is 111 Å². The first-order valence-electron chi connectivity index (χ1n) is 4.43. The Morgan fingerprint density at radius 2 is 2.00 bits per heavy atom. The van der Waals surface area contributed by atoms with Crippen molar-refractivity contribution in [3.8, 4) is 0 Å². The third-order valence-electron chi connectivity index (χ3n) is 1.97. The summed E-state index contributed by atoms with van der Waals surface area (Å²) in [5, 5.41) is 16.7. The van der Waals surface area contributed by atoms with Gasteiger partial charge in [0, 0.05) is 0 Å². The second-order valence-electron chi connectivity index (χ2n) is 3.21. The summed E-state index contributed by atoms with van der Waals surface area (Å²) in [7, 11) is 0. The minimum absolute atomic E-state index is 0.124. The van der Waals surface area contributed by atoms with Gasteiger partial charge in [-0.25, -0.2) is 4.79 Å². The number of fused-ring (bicyclic) bond motifs is 1. The summed E-state index contributed by atoms with van der Waals surface area (Å²) < 4.78 is 0. The van der Waals surface area contributed by atoms with E-state index in [9.17, 15) is 9.59 Å². The van der Waals surface area contributed by atoms with Crippen LogP contribution in [-0.2, 0) is 11.3 Å². The van der Waals surface area contributed by atoms with Gasteiger partial charge in [0.15, 0.2) is 0 Å². The predicted octanol–water partition coefficient (Wildman–Crippen LogP) is -0.385. The number of amides is 1. The molecular formula is C9H8N4O3. The number of hydrogen-bond donors (Lipinski definition) is 2. The lowest BCUT2D eigenvalue weighted by atomic mass is 10.2. The number of carboxylic acid groups (broad SMARTS) is 1. The van der Waals surface area contributed by atoms with E-state index < -0.39 is 11.9 Å². The third kappa shape index (κ3) is 1.83. The van der Waals surface area contributed by atoms with E-state index in [-0.39, 0.29) is 12.1 Å². The van der Waals surface area contributed by atoms with Crippen molar-refractivity contribution >= 4 is 22.9 Å². The molecule has 0 saturated carbocycles. The van der Waals surface area contributed by atoms with Crippen molar-refractivity contribution in [2.75, 3.05) is 0 Å². The largest absolute Gasteiger partial charge is 0.478 e. The Hall–Kier alpha value is -2.44. The lowest BCUT2D eigenvalue weighted by Gasteiger charge is -1.91. The molecule has 1 heterocycles. The molecule has 2 aromatic rings. The number of aromatic carboxylic acids is 1. The molecule has 0 aliphatic carbocycles. The molecule has 0 radical (unpaired) electrons. The summed E-state index contributed by atoms with van der Waals surface area (Å²) in [5.74, 6) is -1.59. The lowest BCUT2D eigenvalue weighted by Crippen LogP contribution is -2.20. The monoisotopic (exact) mass is 220 g/mol. The van der Waals surface area contributed by atoms with Gasteiger partial charge in [-0.3, -0.25) is 4.79 Å². The molecular weight excluding hydrogens is 212 g/mol. The number of aromatic nitrogens is 3. The molecule has 1 amide bonds. The predicted molar refractivity (Wildman–Crippen MR) is 53.7 cm³/mol. The Morgan fingerprint density at radius 3 is 2.62 bits per heavy atom. The maximum Gasteiger partial charge on any atom is 0.335 e.